The number of aromatic nitrogens is 5. The van der Waals surface area contributed by atoms with E-state index in [-0.39, 0.29) is 11.3 Å². The fourth-order valence-electron chi connectivity index (χ4n) is 3.15. The molecule has 0 N–H and O–H groups in total. The van der Waals surface area contributed by atoms with E-state index in [1.807, 2.05) is 0 Å². The average Bonchev–Trinajstić information content (AvgIpc) is 3.14. The zero-order chi connectivity index (χ0) is 19.3. The number of rotatable bonds is 3. The Hall–Kier alpha value is -3.00. The maximum atomic E-state index is 14.7. The zero-order valence-electron chi connectivity index (χ0n) is 14.7. The second kappa shape index (κ2) is 6.31. The van der Waals surface area contributed by atoms with Crippen molar-refractivity contribution in [2.75, 3.05) is 7.11 Å². The van der Waals surface area contributed by atoms with Gasteiger partial charge in [0.2, 0.25) is 0 Å². The van der Waals surface area contributed by atoms with Gasteiger partial charge >= 0.3 is 0 Å². The zero-order valence-corrected chi connectivity index (χ0v) is 15.4. The molecule has 0 saturated heterocycles. The predicted octanol–water partition coefficient (Wildman–Crippen LogP) is 4.07. The van der Waals surface area contributed by atoms with E-state index < -0.39 is 11.6 Å². The average molecular weight is 390 g/mol. The molecule has 4 aromatic rings. The number of nitrogens with zero attached hydrogens (tertiary/aromatic N) is 5. The standard InChI is InChI=1S/C18H14ClF2N5O/c1-9-15(16-12(20)5-11(27-3)6-13(16)21)18(25(2)24-9)26-8-23-14-4-10(19)7-22-17(14)26/h4-8H,1-3H3. The van der Waals surface area contributed by atoms with Crippen molar-refractivity contribution >= 4 is 22.8 Å². The molecule has 3 aromatic heterocycles. The van der Waals surface area contributed by atoms with Crippen molar-refractivity contribution in [2.24, 2.45) is 7.05 Å². The van der Waals surface area contributed by atoms with Crippen LogP contribution >= 0.6 is 11.6 Å². The van der Waals surface area contributed by atoms with Crippen molar-refractivity contribution < 1.29 is 13.5 Å². The molecule has 0 unspecified atom stereocenters. The maximum absolute atomic E-state index is 14.7. The van der Waals surface area contributed by atoms with Gasteiger partial charge in [-0.25, -0.2) is 18.7 Å². The Morgan fingerprint density at radius 3 is 2.44 bits per heavy atom. The minimum absolute atomic E-state index is 0.0984. The molecule has 0 radical (unpaired) electrons. The molecule has 0 atom stereocenters. The van der Waals surface area contributed by atoms with E-state index >= 15 is 0 Å². The van der Waals surface area contributed by atoms with Gasteiger partial charge < -0.3 is 4.74 Å². The van der Waals surface area contributed by atoms with Crippen LogP contribution in [0.1, 0.15) is 5.69 Å². The Labute approximate surface area is 158 Å². The number of fused-ring (bicyclic) bond motifs is 1. The molecule has 0 fully saturated rings. The molecule has 0 aliphatic rings. The Kier molecular flexibility index (Phi) is 4.07. The molecule has 138 valence electrons. The lowest BCUT2D eigenvalue weighted by atomic mass is 10.0. The SMILES string of the molecule is COc1cc(F)c(-c2c(C)nn(C)c2-n2cnc3cc(Cl)cnc32)c(F)c1. The summed E-state index contributed by atoms with van der Waals surface area (Å²) in [6, 6.07) is 3.94. The third kappa shape index (κ3) is 2.73. The maximum Gasteiger partial charge on any atom is 0.165 e. The lowest BCUT2D eigenvalue weighted by molar-refractivity contribution is 0.407. The van der Waals surface area contributed by atoms with Crippen LogP contribution in [-0.4, -0.2) is 31.4 Å². The van der Waals surface area contributed by atoms with Gasteiger partial charge in [-0.15, -0.1) is 0 Å². The first-order valence-corrected chi connectivity index (χ1v) is 8.34. The molecule has 0 spiro atoms. The molecule has 6 nitrogen and oxygen atoms in total. The first-order chi connectivity index (χ1) is 12.9. The van der Waals surface area contributed by atoms with Crippen LogP contribution in [0.4, 0.5) is 8.78 Å². The number of hydrogen-bond acceptors (Lipinski definition) is 4. The van der Waals surface area contributed by atoms with Gasteiger partial charge in [0.05, 0.1) is 29.0 Å². The second-order valence-electron chi connectivity index (χ2n) is 5.98. The topological polar surface area (TPSA) is 57.8 Å². The molecule has 4 rings (SSSR count). The van der Waals surface area contributed by atoms with Crippen LogP contribution in [0.25, 0.3) is 28.1 Å². The van der Waals surface area contributed by atoms with Crippen molar-refractivity contribution in [2.45, 2.75) is 6.92 Å². The first kappa shape index (κ1) is 17.4. The normalized spacial score (nSPS) is 11.3. The fourth-order valence-corrected chi connectivity index (χ4v) is 3.31. The van der Waals surface area contributed by atoms with Crippen molar-refractivity contribution in [3.05, 3.63) is 53.1 Å². The van der Waals surface area contributed by atoms with E-state index in [0.717, 1.165) is 12.1 Å². The first-order valence-electron chi connectivity index (χ1n) is 7.96. The van der Waals surface area contributed by atoms with Gasteiger partial charge in [0.15, 0.2) is 5.65 Å². The highest BCUT2D eigenvalue weighted by atomic mass is 35.5. The number of halogens is 3. The van der Waals surface area contributed by atoms with Gasteiger partial charge in [0.25, 0.3) is 0 Å². The summed E-state index contributed by atoms with van der Waals surface area (Å²) in [5.41, 5.74) is 1.64. The van der Waals surface area contributed by atoms with E-state index in [2.05, 4.69) is 15.1 Å². The highest BCUT2D eigenvalue weighted by molar-refractivity contribution is 6.31. The van der Waals surface area contributed by atoms with Gasteiger partial charge in [0.1, 0.15) is 35.0 Å². The van der Waals surface area contributed by atoms with Gasteiger partial charge in [-0.2, -0.15) is 5.10 Å². The van der Waals surface area contributed by atoms with Gasteiger partial charge in [0, 0.05) is 25.4 Å². The highest BCUT2D eigenvalue weighted by Gasteiger charge is 2.25. The molecule has 9 heteroatoms. The minimum Gasteiger partial charge on any atom is -0.497 e. The molecule has 0 bridgehead atoms. The van der Waals surface area contributed by atoms with Gasteiger partial charge in [-0.3, -0.25) is 9.25 Å². The number of aryl methyl sites for hydroxylation is 2. The van der Waals surface area contributed by atoms with Gasteiger partial charge in [-0.05, 0) is 13.0 Å². The Balaban J connectivity index is 2.03. The molecule has 3 heterocycles. The van der Waals surface area contributed by atoms with Crippen LogP contribution in [0.15, 0.2) is 30.7 Å². The summed E-state index contributed by atoms with van der Waals surface area (Å²) in [5, 5.41) is 4.79. The predicted molar refractivity (Wildman–Crippen MR) is 97.3 cm³/mol. The third-order valence-electron chi connectivity index (χ3n) is 4.28. The molecule has 0 amide bonds. The highest BCUT2D eigenvalue weighted by Crippen LogP contribution is 2.36. The summed E-state index contributed by atoms with van der Waals surface area (Å²) in [6.07, 6.45) is 3.01. The van der Waals surface area contributed by atoms with E-state index in [0.29, 0.717) is 33.3 Å². The van der Waals surface area contributed by atoms with Crippen molar-refractivity contribution in [1.29, 1.82) is 0 Å². The number of imidazole rings is 1. The van der Waals surface area contributed by atoms with Crippen LogP contribution in [0.2, 0.25) is 5.02 Å². The number of benzene rings is 1. The van der Waals surface area contributed by atoms with Crippen molar-refractivity contribution in [1.82, 2.24) is 24.3 Å². The summed E-state index contributed by atoms with van der Waals surface area (Å²) in [6.45, 7) is 1.69. The molecule has 0 aliphatic heterocycles. The number of ether oxygens (including phenoxy) is 1. The van der Waals surface area contributed by atoms with Gasteiger partial charge in [-0.1, -0.05) is 11.6 Å². The van der Waals surface area contributed by atoms with Crippen LogP contribution in [-0.2, 0) is 7.05 Å². The molecular weight excluding hydrogens is 376 g/mol. The lowest BCUT2D eigenvalue weighted by Crippen LogP contribution is -2.05. The Bertz CT molecular complexity index is 1160. The van der Waals surface area contributed by atoms with E-state index in [4.69, 9.17) is 16.3 Å². The summed E-state index contributed by atoms with van der Waals surface area (Å²) < 4.78 is 37.6. The van der Waals surface area contributed by atoms with Crippen LogP contribution in [0, 0.1) is 18.6 Å². The smallest absolute Gasteiger partial charge is 0.165 e. The third-order valence-corrected chi connectivity index (χ3v) is 4.48. The Morgan fingerprint density at radius 2 is 1.78 bits per heavy atom. The molecule has 0 aliphatic carbocycles. The lowest BCUT2D eigenvalue weighted by Gasteiger charge is -2.11. The van der Waals surface area contributed by atoms with E-state index in [1.165, 1.54) is 24.3 Å². The van der Waals surface area contributed by atoms with Crippen LogP contribution in [0.3, 0.4) is 0 Å². The summed E-state index contributed by atoms with van der Waals surface area (Å²) in [7, 11) is 3.04. The molecule has 1 aromatic carbocycles. The molecule has 0 saturated carbocycles. The van der Waals surface area contributed by atoms with Crippen LogP contribution < -0.4 is 4.74 Å². The molecular formula is C18H14ClF2N5O. The van der Waals surface area contributed by atoms with Crippen molar-refractivity contribution in [3.63, 3.8) is 0 Å². The Morgan fingerprint density at radius 1 is 1.07 bits per heavy atom. The van der Waals surface area contributed by atoms with Crippen molar-refractivity contribution in [3.8, 4) is 22.7 Å². The number of methoxy groups -OCH3 is 1. The minimum atomic E-state index is -0.746. The van der Waals surface area contributed by atoms with E-state index in [1.54, 1.807) is 24.6 Å². The fraction of sp³-hybridized carbons (Fsp3) is 0.167. The summed E-state index contributed by atoms with van der Waals surface area (Å²) in [4.78, 5) is 8.58. The number of pyridine rings is 1. The van der Waals surface area contributed by atoms with Crippen LogP contribution in [0.5, 0.6) is 5.75 Å². The quantitative estimate of drug-likeness (QED) is 0.530. The second-order valence-corrected chi connectivity index (χ2v) is 6.42. The largest absolute Gasteiger partial charge is 0.497 e. The monoisotopic (exact) mass is 389 g/mol. The number of hydrogen-bond donors (Lipinski definition) is 0. The molecule has 27 heavy (non-hydrogen) atoms. The van der Waals surface area contributed by atoms with E-state index in [9.17, 15) is 8.78 Å². The summed E-state index contributed by atoms with van der Waals surface area (Å²) in [5.74, 6) is -0.955. The summed E-state index contributed by atoms with van der Waals surface area (Å²) >= 11 is 5.97.